The number of rotatable bonds is 5. The van der Waals surface area contributed by atoms with Crippen molar-refractivity contribution in [3.05, 3.63) is 55.2 Å². The highest BCUT2D eigenvalue weighted by Gasteiger charge is 2.09. The van der Waals surface area contributed by atoms with E-state index >= 15 is 0 Å². The minimum absolute atomic E-state index is 0.0510. The largest absolute Gasteiger partial charge is 0.480 e. The fraction of sp³-hybridized carbons (Fsp3) is 0.200. The molecule has 0 aliphatic heterocycles. The Bertz CT molecular complexity index is 1090. The van der Waals surface area contributed by atoms with E-state index in [0.29, 0.717) is 17.6 Å². The molecule has 0 aliphatic carbocycles. The second-order valence-corrected chi connectivity index (χ2v) is 6.29. The molecule has 0 saturated heterocycles. The summed E-state index contributed by atoms with van der Waals surface area (Å²) < 4.78 is 12.8. The number of hydrogen-bond donors (Lipinski definition) is 0. The third-order valence-corrected chi connectivity index (χ3v) is 4.01. The molecule has 4 rings (SSSR count). The highest BCUT2D eigenvalue weighted by atomic mass is 16.5. The first-order chi connectivity index (χ1) is 13.1. The van der Waals surface area contributed by atoms with Crippen molar-refractivity contribution in [3.63, 3.8) is 0 Å². The molecule has 0 N–H and O–H groups in total. The zero-order valence-electron chi connectivity index (χ0n) is 15.3. The van der Waals surface area contributed by atoms with Crippen molar-refractivity contribution in [2.75, 3.05) is 7.11 Å². The minimum atomic E-state index is 0.0510. The molecule has 0 aliphatic rings. The predicted molar refractivity (Wildman–Crippen MR) is 102 cm³/mol. The number of ether oxygens (including phenoxy) is 2. The Morgan fingerprint density at radius 1 is 0.926 bits per heavy atom. The summed E-state index contributed by atoms with van der Waals surface area (Å²) >= 11 is 0. The van der Waals surface area contributed by atoms with Gasteiger partial charge in [-0.2, -0.15) is 4.98 Å². The van der Waals surface area contributed by atoms with Crippen LogP contribution in [0, 0.1) is 0 Å². The van der Waals surface area contributed by atoms with Gasteiger partial charge in [-0.15, -0.1) is 0 Å². The maximum atomic E-state index is 5.64. The first-order valence-corrected chi connectivity index (χ1v) is 8.60. The van der Waals surface area contributed by atoms with Crippen LogP contribution in [0.3, 0.4) is 0 Å². The zero-order valence-corrected chi connectivity index (χ0v) is 15.3. The van der Waals surface area contributed by atoms with Crippen LogP contribution in [0.15, 0.2) is 55.2 Å². The molecule has 0 fully saturated rings. The molecule has 0 amide bonds. The van der Waals surface area contributed by atoms with E-state index in [9.17, 15) is 0 Å². The molecule has 3 aromatic heterocycles. The average Bonchev–Trinajstić information content (AvgIpc) is 3.11. The van der Waals surface area contributed by atoms with E-state index in [1.54, 1.807) is 31.9 Å². The summed E-state index contributed by atoms with van der Waals surface area (Å²) in [7, 11) is 1.58. The first-order valence-electron chi connectivity index (χ1n) is 8.60. The van der Waals surface area contributed by atoms with Gasteiger partial charge in [0.15, 0.2) is 5.82 Å². The molecule has 3 heterocycles. The van der Waals surface area contributed by atoms with Gasteiger partial charge in [-0.25, -0.2) is 4.98 Å². The predicted octanol–water partition coefficient (Wildman–Crippen LogP) is 3.67. The van der Waals surface area contributed by atoms with Crippen molar-refractivity contribution in [3.8, 4) is 28.8 Å². The van der Waals surface area contributed by atoms with Crippen molar-refractivity contribution in [1.82, 2.24) is 24.5 Å². The lowest BCUT2D eigenvalue weighted by molar-refractivity contribution is 0.232. The molecule has 7 heteroatoms. The molecule has 1 aromatic carbocycles. The van der Waals surface area contributed by atoms with Crippen LogP contribution in [0.25, 0.3) is 28.0 Å². The minimum Gasteiger partial charge on any atom is -0.480 e. The highest BCUT2D eigenvalue weighted by Crippen LogP contribution is 2.26. The lowest BCUT2D eigenvalue weighted by Gasteiger charge is -2.09. The number of aromatic nitrogens is 5. The fourth-order valence-electron chi connectivity index (χ4n) is 2.84. The Morgan fingerprint density at radius 2 is 1.74 bits per heavy atom. The summed E-state index contributed by atoms with van der Waals surface area (Å²) in [6.45, 7) is 3.93. The second kappa shape index (κ2) is 7.03. The monoisotopic (exact) mass is 361 g/mol. The molecule has 0 atom stereocenters. The van der Waals surface area contributed by atoms with Crippen LogP contribution in [-0.2, 0) is 0 Å². The van der Waals surface area contributed by atoms with Crippen molar-refractivity contribution < 1.29 is 9.47 Å². The standard InChI is InChI=1S/C20H19N5O2/c1-13(2)27-20-12-21-9-16(23-20)14-4-5-17-15(8-14)6-7-25(17)18-10-22-11-19(24-18)26-3/h4-13H,1-3H3. The summed E-state index contributed by atoms with van der Waals surface area (Å²) in [4.78, 5) is 17.4. The number of hydrogen-bond acceptors (Lipinski definition) is 6. The molecule has 0 radical (unpaired) electrons. The number of fused-ring (bicyclic) bond motifs is 1. The first kappa shape index (κ1) is 17.0. The Hall–Kier alpha value is -3.48. The van der Waals surface area contributed by atoms with Crippen LogP contribution in [0.2, 0.25) is 0 Å². The maximum Gasteiger partial charge on any atom is 0.234 e. The summed E-state index contributed by atoms with van der Waals surface area (Å²) in [5, 5.41) is 1.06. The van der Waals surface area contributed by atoms with Crippen LogP contribution in [0.4, 0.5) is 0 Å². The quantitative estimate of drug-likeness (QED) is 0.540. The van der Waals surface area contributed by atoms with E-state index in [1.165, 1.54) is 0 Å². The molecular formula is C20H19N5O2. The third-order valence-electron chi connectivity index (χ3n) is 4.01. The molecule has 0 saturated carbocycles. The molecule has 27 heavy (non-hydrogen) atoms. The smallest absolute Gasteiger partial charge is 0.234 e. The highest BCUT2D eigenvalue weighted by molar-refractivity contribution is 5.86. The van der Waals surface area contributed by atoms with Gasteiger partial charge >= 0.3 is 0 Å². The van der Waals surface area contributed by atoms with Gasteiger partial charge < -0.3 is 9.47 Å². The van der Waals surface area contributed by atoms with E-state index in [2.05, 4.69) is 26.0 Å². The van der Waals surface area contributed by atoms with Crippen LogP contribution in [0.1, 0.15) is 13.8 Å². The number of benzene rings is 1. The Kier molecular flexibility index (Phi) is 4.42. The summed E-state index contributed by atoms with van der Waals surface area (Å²) in [5.74, 6) is 1.69. The van der Waals surface area contributed by atoms with E-state index < -0.39 is 0 Å². The zero-order chi connectivity index (χ0) is 18.8. The van der Waals surface area contributed by atoms with E-state index in [-0.39, 0.29) is 6.10 Å². The Labute approximate surface area is 156 Å². The molecular weight excluding hydrogens is 342 g/mol. The third kappa shape index (κ3) is 3.44. The van der Waals surface area contributed by atoms with Crippen molar-refractivity contribution >= 4 is 10.9 Å². The summed E-state index contributed by atoms with van der Waals surface area (Å²) in [6, 6.07) is 8.14. The van der Waals surface area contributed by atoms with E-state index in [4.69, 9.17) is 9.47 Å². The molecule has 4 aromatic rings. The molecule has 0 unspecified atom stereocenters. The van der Waals surface area contributed by atoms with Gasteiger partial charge in [0.2, 0.25) is 11.8 Å². The van der Waals surface area contributed by atoms with Crippen molar-refractivity contribution in [2.45, 2.75) is 20.0 Å². The average molecular weight is 361 g/mol. The van der Waals surface area contributed by atoms with Crippen LogP contribution < -0.4 is 9.47 Å². The van der Waals surface area contributed by atoms with Gasteiger partial charge in [-0.05, 0) is 32.0 Å². The number of nitrogens with zero attached hydrogens (tertiary/aromatic N) is 5. The second-order valence-electron chi connectivity index (χ2n) is 6.29. The molecule has 0 bridgehead atoms. The van der Waals surface area contributed by atoms with E-state index in [0.717, 1.165) is 22.2 Å². The fourth-order valence-corrected chi connectivity index (χ4v) is 2.84. The van der Waals surface area contributed by atoms with Gasteiger partial charge in [0, 0.05) is 17.1 Å². The normalized spacial score (nSPS) is 11.1. The van der Waals surface area contributed by atoms with Crippen molar-refractivity contribution in [1.29, 1.82) is 0 Å². The van der Waals surface area contributed by atoms with E-state index in [1.807, 2.05) is 42.8 Å². The maximum absolute atomic E-state index is 5.64. The molecule has 136 valence electrons. The van der Waals surface area contributed by atoms with Gasteiger partial charge in [0.05, 0.1) is 49.2 Å². The van der Waals surface area contributed by atoms with Crippen LogP contribution >= 0.6 is 0 Å². The molecule has 7 nitrogen and oxygen atoms in total. The van der Waals surface area contributed by atoms with Crippen molar-refractivity contribution in [2.24, 2.45) is 0 Å². The van der Waals surface area contributed by atoms with Gasteiger partial charge in [-0.1, -0.05) is 6.07 Å². The topological polar surface area (TPSA) is 75.0 Å². The van der Waals surface area contributed by atoms with Crippen LogP contribution in [-0.4, -0.2) is 37.7 Å². The van der Waals surface area contributed by atoms with Gasteiger partial charge in [-0.3, -0.25) is 14.5 Å². The summed E-state index contributed by atoms with van der Waals surface area (Å²) in [5.41, 5.74) is 2.76. The van der Waals surface area contributed by atoms with Gasteiger partial charge in [0.1, 0.15) is 0 Å². The summed E-state index contributed by atoms with van der Waals surface area (Å²) in [6.07, 6.45) is 8.66. The van der Waals surface area contributed by atoms with Crippen LogP contribution in [0.5, 0.6) is 11.8 Å². The molecule has 0 spiro atoms. The Morgan fingerprint density at radius 3 is 2.56 bits per heavy atom. The Balaban J connectivity index is 1.72. The lowest BCUT2D eigenvalue weighted by Crippen LogP contribution is -2.07. The lowest BCUT2D eigenvalue weighted by atomic mass is 10.1. The SMILES string of the molecule is COc1cncc(-n2ccc3cc(-c4cncc(OC(C)C)n4)ccc32)n1. The van der Waals surface area contributed by atoms with Gasteiger partial charge in [0.25, 0.3) is 0 Å². The number of methoxy groups -OCH3 is 1.